The van der Waals surface area contributed by atoms with Crippen molar-refractivity contribution in [2.24, 2.45) is 0 Å². The first-order valence-corrected chi connectivity index (χ1v) is 7.36. The van der Waals surface area contributed by atoms with E-state index in [0.29, 0.717) is 0 Å². The Morgan fingerprint density at radius 2 is 1.79 bits per heavy atom. The van der Waals surface area contributed by atoms with E-state index in [-0.39, 0.29) is 20.4 Å². The molecule has 0 aliphatic carbocycles. The third-order valence-electron chi connectivity index (χ3n) is 3.34. The number of nitrogens with one attached hydrogen (secondary N) is 2. The fourth-order valence-corrected chi connectivity index (χ4v) is 2.22. The molecule has 0 aromatic heterocycles. The Morgan fingerprint density at radius 3 is 2.32 bits per heavy atom. The zero-order chi connectivity index (χ0) is 13.6. The van der Waals surface area contributed by atoms with Crippen molar-refractivity contribution in [3.63, 3.8) is 0 Å². The van der Waals surface area contributed by atoms with Crippen LogP contribution >= 0.6 is 0 Å². The minimum absolute atomic E-state index is 0. The molecule has 0 aromatic carbocycles. The first-order valence-electron chi connectivity index (χ1n) is 7.36. The Labute approximate surface area is 132 Å². The van der Waals surface area contributed by atoms with Gasteiger partial charge in [0.15, 0.2) is 0 Å². The Hall–Kier alpha value is 0.0523. The minimum atomic E-state index is 0. The molecule has 0 atom stereocenters. The predicted molar refractivity (Wildman–Crippen MR) is 77.4 cm³/mol. The summed E-state index contributed by atoms with van der Waals surface area (Å²) in [4.78, 5) is 12.4. The molecule has 0 aromatic rings. The van der Waals surface area contributed by atoms with Crippen LogP contribution in [0.25, 0.3) is 0 Å². The molecule has 1 aliphatic heterocycles. The van der Waals surface area contributed by atoms with Gasteiger partial charge in [0.05, 0.1) is 0 Å². The summed E-state index contributed by atoms with van der Waals surface area (Å²) in [6, 6.07) is 0.726. The number of unbranched alkanes of at least 4 members (excludes halogenated alkanes) is 2. The Morgan fingerprint density at radius 1 is 1.16 bits per heavy atom. The molecular weight excluding hydrogens is 412 g/mol. The van der Waals surface area contributed by atoms with E-state index in [1.165, 1.54) is 45.3 Å². The second kappa shape index (κ2) is 16.1. The molecule has 5 heteroatoms. The molecule has 19 heavy (non-hydrogen) atoms. The second-order valence-corrected chi connectivity index (χ2v) is 4.49. The molecule has 1 heterocycles. The molecule has 0 spiro atoms. The van der Waals surface area contributed by atoms with E-state index in [4.69, 9.17) is 0 Å². The molecule has 0 bridgehead atoms. The van der Waals surface area contributed by atoms with Crippen LogP contribution in [0.4, 0.5) is 0 Å². The van der Waals surface area contributed by atoms with Gasteiger partial charge in [-0.25, -0.2) is 0 Å². The maximum Gasteiger partial charge on any atom is 0.00884 e. The smallest absolute Gasteiger partial charge is 0.00884 e. The normalized spacial score (nSPS) is 15.9. The zero-order valence-corrected chi connectivity index (χ0v) is 15.4. The number of nitrogens with zero attached hydrogens (tertiary/aromatic N) is 1. The van der Waals surface area contributed by atoms with Gasteiger partial charge in [-0.2, -0.15) is 6.41 Å². The molecule has 0 unspecified atom stereocenters. The monoisotopic (exact) mass is 443 g/mol. The van der Waals surface area contributed by atoms with Crippen LogP contribution < -0.4 is 10.6 Å². The molecule has 1 aliphatic rings. The molecule has 115 valence electrons. The van der Waals surface area contributed by atoms with Gasteiger partial charge < -0.3 is 20.3 Å². The number of hydrogen-bond acceptors (Lipinski definition) is 3. The molecule has 1 saturated heterocycles. The number of carbonyl (C=O) groups excluding carboxylic acids is 1. The maximum absolute atomic E-state index is 9.89. The van der Waals surface area contributed by atoms with Gasteiger partial charge in [-0.05, 0) is 58.9 Å². The largest absolute Gasteiger partial charge is 0.530 e. The molecule has 0 saturated carbocycles. The fraction of sp³-hybridized carbons (Fsp3) is 0.929. The van der Waals surface area contributed by atoms with E-state index in [1.807, 2.05) is 13.8 Å². The Kier molecular flexibility index (Phi) is 18.1. The predicted octanol–water partition coefficient (Wildman–Crippen LogP) is 1.52. The zero-order valence-electron chi connectivity index (χ0n) is 12.7. The maximum atomic E-state index is 9.89. The summed E-state index contributed by atoms with van der Waals surface area (Å²) in [5, 5.41) is 5.92. The van der Waals surface area contributed by atoms with Gasteiger partial charge in [0.2, 0.25) is 0 Å². The first-order chi connectivity index (χ1) is 8.86. The molecule has 1 rings (SSSR count). The number of amides is 1. The topological polar surface area (TPSA) is 44.4 Å². The number of likely N-dealkylation sites (tertiary alicyclic amines) is 1. The molecule has 1 fully saturated rings. The summed E-state index contributed by atoms with van der Waals surface area (Å²) in [6.45, 7) is 8.43. The van der Waals surface area contributed by atoms with Crippen molar-refractivity contribution in [3.8, 4) is 0 Å². The van der Waals surface area contributed by atoms with Gasteiger partial charge in [-0.3, -0.25) is 0 Å². The van der Waals surface area contributed by atoms with Crippen LogP contribution in [0.3, 0.4) is 0 Å². The van der Waals surface area contributed by atoms with E-state index in [2.05, 4.69) is 22.6 Å². The third kappa shape index (κ3) is 11.6. The van der Waals surface area contributed by atoms with E-state index in [0.717, 1.165) is 19.0 Å². The van der Waals surface area contributed by atoms with E-state index in [1.54, 1.807) is 6.41 Å². The van der Waals surface area contributed by atoms with Gasteiger partial charge in [0.1, 0.15) is 0 Å². The van der Waals surface area contributed by atoms with Gasteiger partial charge >= 0.3 is 0 Å². The van der Waals surface area contributed by atoms with Gasteiger partial charge in [0, 0.05) is 26.5 Å². The van der Waals surface area contributed by atoms with Crippen LogP contribution in [-0.4, -0.2) is 50.6 Å². The summed E-state index contributed by atoms with van der Waals surface area (Å²) in [6.07, 6.45) is 7.76. The summed E-state index contributed by atoms with van der Waals surface area (Å²) in [7, 11) is 2.05. The van der Waals surface area contributed by atoms with Crippen LogP contribution in [-0.2, 0) is 25.2 Å². The first kappa shape index (κ1) is 21.4. The number of hydrogen-bond donors (Lipinski definition) is 2. The van der Waals surface area contributed by atoms with Crippen LogP contribution in [0, 0.1) is 0 Å². The summed E-state index contributed by atoms with van der Waals surface area (Å²) in [5.41, 5.74) is 0. The molecule has 1 radical (unpaired) electrons. The molecule has 1 amide bonds. The summed E-state index contributed by atoms with van der Waals surface area (Å²) >= 11 is 0. The van der Waals surface area contributed by atoms with E-state index < -0.39 is 0 Å². The quantitative estimate of drug-likeness (QED) is 0.340. The summed E-state index contributed by atoms with van der Waals surface area (Å²) < 4.78 is 0. The fourth-order valence-electron chi connectivity index (χ4n) is 2.22. The van der Waals surface area contributed by atoms with Crippen LogP contribution in [0.1, 0.15) is 46.0 Å². The molecule has 4 nitrogen and oxygen atoms in total. The van der Waals surface area contributed by atoms with Crippen molar-refractivity contribution < 1.29 is 25.2 Å². The van der Waals surface area contributed by atoms with Crippen molar-refractivity contribution in [2.75, 3.05) is 33.2 Å². The van der Waals surface area contributed by atoms with Crippen LogP contribution in [0.2, 0.25) is 0 Å². The second-order valence-electron chi connectivity index (χ2n) is 4.49. The van der Waals surface area contributed by atoms with Crippen molar-refractivity contribution >= 4 is 6.41 Å². The van der Waals surface area contributed by atoms with Crippen molar-refractivity contribution in [3.05, 3.63) is 0 Å². The Balaban J connectivity index is 0. The van der Waals surface area contributed by atoms with Gasteiger partial charge in [-0.15, -0.1) is 0 Å². The Bertz CT molecular complexity index is 186. The number of rotatable bonds is 8. The van der Waals surface area contributed by atoms with E-state index >= 15 is 0 Å². The van der Waals surface area contributed by atoms with Crippen LogP contribution in [0.5, 0.6) is 0 Å². The molecular formula is C14H30N3ORe-. The van der Waals surface area contributed by atoms with Gasteiger partial charge in [-0.1, -0.05) is 20.3 Å². The van der Waals surface area contributed by atoms with E-state index in [9.17, 15) is 4.79 Å². The minimum Gasteiger partial charge on any atom is -0.530 e. The third-order valence-corrected chi connectivity index (χ3v) is 3.34. The van der Waals surface area contributed by atoms with Crippen LogP contribution in [0.15, 0.2) is 0 Å². The summed E-state index contributed by atoms with van der Waals surface area (Å²) in [5.74, 6) is 0. The van der Waals surface area contributed by atoms with Crippen molar-refractivity contribution in [1.82, 2.24) is 15.5 Å². The molecule has 2 N–H and O–H groups in total. The average Bonchev–Trinajstić information content (AvgIpc) is 2.45. The number of piperidine rings is 1. The van der Waals surface area contributed by atoms with Crippen molar-refractivity contribution in [2.45, 2.75) is 52.0 Å². The standard InChI is InChI=1S/C12H24N3O.C2H6.Re/c1-13-12-5-9-15(10-6-12)8-4-2-3-7-14-11-16;1-2;/h12-13H,2-10H2,1H3,(H,14,16);1-2H3;/q-1;;. The average molecular weight is 443 g/mol. The van der Waals surface area contributed by atoms with Gasteiger partial charge in [0.25, 0.3) is 0 Å². The van der Waals surface area contributed by atoms with Crippen molar-refractivity contribution in [1.29, 1.82) is 0 Å². The SMILES string of the molecule is CC.CNC1CCN(CCCCCN[C-]=O)CC1.[Re].